The summed E-state index contributed by atoms with van der Waals surface area (Å²) in [5.74, 6) is -1.28. The third-order valence-corrected chi connectivity index (χ3v) is 3.76. The Bertz CT molecular complexity index is 612. The van der Waals surface area contributed by atoms with Crippen LogP contribution in [0.15, 0.2) is 24.3 Å². The number of aryl methyl sites for hydroxylation is 1. The van der Waals surface area contributed by atoms with Crippen LogP contribution in [0, 0.1) is 12.7 Å². The molecule has 1 heterocycles. The second-order valence-electron chi connectivity index (χ2n) is 4.16. The lowest BCUT2D eigenvalue weighted by atomic mass is 10.1. The van der Waals surface area contributed by atoms with E-state index in [0.29, 0.717) is 10.8 Å². The molecule has 0 aliphatic rings. The van der Waals surface area contributed by atoms with Crippen LogP contribution < -0.4 is 5.32 Å². The maximum Gasteiger partial charge on any atom is 0.347 e. The van der Waals surface area contributed by atoms with E-state index in [-0.39, 0.29) is 16.7 Å². The Morgan fingerprint density at radius 3 is 2.84 bits per heavy atom. The minimum absolute atomic E-state index is 0.150. The van der Waals surface area contributed by atoms with E-state index >= 15 is 0 Å². The summed E-state index contributed by atoms with van der Waals surface area (Å²) in [6.45, 7) is 3.52. The molecule has 2 N–H and O–H groups in total. The molecular formula is C13H13FN2O2S. The van der Waals surface area contributed by atoms with Crippen LogP contribution in [0.25, 0.3) is 0 Å². The molecule has 0 aliphatic heterocycles. The van der Waals surface area contributed by atoms with E-state index in [1.165, 1.54) is 12.1 Å². The first kappa shape index (κ1) is 13.5. The molecule has 0 spiro atoms. The smallest absolute Gasteiger partial charge is 0.347 e. The molecule has 6 heteroatoms. The van der Waals surface area contributed by atoms with Crippen molar-refractivity contribution in [1.82, 2.24) is 4.98 Å². The van der Waals surface area contributed by atoms with Crippen molar-refractivity contribution < 1.29 is 14.3 Å². The number of hydrogen-bond donors (Lipinski definition) is 2. The normalized spacial score (nSPS) is 12.2. The first-order chi connectivity index (χ1) is 8.97. The van der Waals surface area contributed by atoms with E-state index in [4.69, 9.17) is 5.11 Å². The molecule has 2 aromatic rings. The molecule has 0 saturated heterocycles. The van der Waals surface area contributed by atoms with E-state index in [1.54, 1.807) is 19.1 Å². The van der Waals surface area contributed by atoms with Crippen molar-refractivity contribution in [3.05, 3.63) is 46.2 Å². The van der Waals surface area contributed by atoms with Gasteiger partial charge in [0.15, 0.2) is 5.13 Å². The first-order valence-electron chi connectivity index (χ1n) is 5.70. The van der Waals surface area contributed by atoms with Crippen molar-refractivity contribution in [3.8, 4) is 0 Å². The number of hydrogen-bond acceptors (Lipinski definition) is 4. The summed E-state index contributed by atoms with van der Waals surface area (Å²) in [5.41, 5.74) is 1.26. The average Bonchev–Trinajstić information content (AvgIpc) is 2.70. The van der Waals surface area contributed by atoms with Crippen molar-refractivity contribution in [1.29, 1.82) is 0 Å². The Morgan fingerprint density at radius 2 is 2.26 bits per heavy atom. The molecule has 1 atom stereocenters. The van der Waals surface area contributed by atoms with E-state index in [2.05, 4.69) is 10.3 Å². The van der Waals surface area contributed by atoms with Crippen LogP contribution in [0.4, 0.5) is 9.52 Å². The molecule has 2 rings (SSSR count). The lowest BCUT2D eigenvalue weighted by Gasteiger charge is -2.13. The molecule has 0 bridgehead atoms. The standard InChI is InChI=1S/C13H13FN2O2S/c1-7(9-4-3-5-10(14)6-9)15-13-16-8(2)11(19-13)12(17)18/h3-7H,1-2H3,(H,15,16)(H,17,18). The fraction of sp³-hybridized carbons (Fsp3) is 0.231. The molecule has 0 saturated carbocycles. The zero-order valence-corrected chi connectivity index (χ0v) is 11.3. The fourth-order valence-corrected chi connectivity index (χ4v) is 2.59. The number of aromatic nitrogens is 1. The van der Waals surface area contributed by atoms with Gasteiger partial charge in [0.2, 0.25) is 0 Å². The largest absolute Gasteiger partial charge is 0.477 e. The zero-order chi connectivity index (χ0) is 14.0. The van der Waals surface area contributed by atoms with Crippen LogP contribution in [0.5, 0.6) is 0 Å². The number of benzene rings is 1. The number of aromatic carboxylic acids is 1. The first-order valence-corrected chi connectivity index (χ1v) is 6.51. The number of halogens is 1. The van der Waals surface area contributed by atoms with Gasteiger partial charge in [-0.15, -0.1) is 0 Å². The van der Waals surface area contributed by atoms with Crippen molar-refractivity contribution >= 4 is 22.4 Å². The van der Waals surface area contributed by atoms with Gasteiger partial charge in [0.1, 0.15) is 10.7 Å². The Hall–Kier alpha value is -1.95. The second kappa shape index (κ2) is 5.36. The summed E-state index contributed by atoms with van der Waals surface area (Å²) < 4.78 is 13.1. The molecule has 1 aromatic carbocycles. The van der Waals surface area contributed by atoms with Crippen LogP contribution in [0.3, 0.4) is 0 Å². The minimum Gasteiger partial charge on any atom is -0.477 e. The highest BCUT2D eigenvalue weighted by Gasteiger charge is 2.15. The third-order valence-electron chi connectivity index (χ3n) is 2.68. The summed E-state index contributed by atoms with van der Waals surface area (Å²) in [4.78, 5) is 15.3. The number of nitrogens with zero attached hydrogens (tertiary/aromatic N) is 1. The van der Waals surface area contributed by atoms with Crippen LogP contribution in [-0.4, -0.2) is 16.1 Å². The molecule has 0 radical (unpaired) electrons. The van der Waals surface area contributed by atoms with Gasteiger partial charge in [-0.1, -0.05) is 23.5 Å². The van der Waals surface area contributed by atoms with Gasteiger partial charge in [-0.05, 0) is 31.5 Å². The van der Waals surface area contributed by atoms with Crippen LogP contribution in [0.2, 0.25) is 0 Å². The van der Waals surface area contributed by atoms with Crippen molar-refractivity contribution in [3.63, 3.8) is 0 Å². The van der Waals surface area contributed by atoms with E-state index in [1.807, 2.05) is 6.92 Å². The summed E-state index contributed by atoms with van der Waals surface area (Å²) in [6, 6.07) is 6.11. The number of carboxylic acid groups (broad SMARTS) is 1. The number of anilines is 1. The zero-order valence-electron chi connectivity index (χ0n) is 10.5. The maximum absolute atomic E-state index is 13.1. The number of carboxylic acids is 1. The van der Waals surface area contributed by atoms with Crippen molar-refractivity contribution in [2.45, 2.75) is 19.9 Å². The van der Waals surface area contributed by atoms with Gasteiger partial charge in [0, 0.05) is 0 Å². The highest BCUT2D eigenvalue weighted by molar-refractivity contribution is 7.17. The Balaban J connectivity index is 2.17. The average molecular weight is 280 g/mol. The number of nitrogens with one attached hydrogen (secondary N) is 1. The molecule has 1 aromatic heterocycles. The van der Waals surface area contributed by atoms with E-state index in [9.17, 15) is 9.18 Å². The number of rotatable bonds is 4. The fourth-order valence-electron chi connectivity index (χ4n) is 1.70. The molecule has 4 nitrogen and oxygen atoms in total. The Labute approximate surface area is 113 Å². The Kier molecular flexibility index (Phi) is 3.80. The lowest BCUT2D eigenvalue weighted by molar-refractivity contribution is 0.0701. The highest BCUT2D eigenvalue weighted by atomic mass is 32.1. The number of carbonyl (C=O) groups is 1. The monoisotopic (exact) mass is 280 g/mol. The summed E-state index contributed by atoms with van der Waals surface area (Å²) in [7, 11) is 0. The quantitative estimate of drug-likeness (QED) is 0.900. The molecule has 0 fully saturated rings. The molecule has 100 valence electrons. The minimum atomic E-state index is -0.985. The SMILES string of the molecule is Cc1nc(NC(C)c2cccc(F)c2)sc1C(=O)O. The van der Waals surface area contributed by atoms with Gasteiger partial charge in [0.25, 0.3) is 0 Å². The molecule has 0 aliphatic carbocycles. The van der Waals surface area contributed by atoms with Crippen molar-refractivity contribution in [2.75, 3.05) is 5.32 Å². The topological polar surface area (TPSA) is 62.2 Å². The Morgan fingerprint density at radius 1 is 1.53 bits per heavy atom. The molecule has 19 heavy (non-hydrogen) atoms. The van der Waals surface area contributed by atoms with E-state index < -0.39 is 5.97 Å². The predicted octanol–water partition coefficient (Wildman–Crippen LogP) is 3.46. The summed E-state index contributed by atoms with van der Waals surface area (Å²) >= 11 is 1.08. The third kappa shape index (κ3) is 3.08. The lowest BCUT2D eigenvalue weighted by Crippen LogP contribution is -2.06. The second-order valence-corrected chi connectivity index (χ2v) is 5.16. The van der Waals surface area contributed by atoms with Crippen LogP contribution in [0.1, 0.15) is 33.9 Å². The molecular weight excluding hydrogens is 267 g/mol. The van der Waals surface area contributed by atoms with E-state index in [0.717, 1.165) is 16.9 Å². The number of thiazole rings is 1. The molecule has 1 unspecified atom stereocenters. The van der Waals surface area contributed by atoms with Crippen LogP contribution in [-0.2, 0) is 0 Å². The molecule has 0 amide bonds. The van der Waals surface area contributed by atoms with Gasteiger partial charge >= 0.3 is 5.97 Å². The maximum atomic E-state index is 13.1. The van der Waals surface area contributed by atoms with Gasteiger partial charge in [-0.25, -0.2) is 14.2 Å². The van der Waals surface area contributed by atoms with Crippen molar-refractivity contribution in [2.24, 2.45) is 0 Å². The summed E-state index contributed by atoms with van der Waals surface area (Å²) in [6.07, 6.45) is 0. The summed E-state index contributed by atoms with van der Waals surface area (Å²) in [5, 5.41) is 12.6. The van der Waals surface area contributed by atoms with Crippen LogP contribution >= 0.6 is 11.3 Å². The van der Waals surface area contributed by atoms with Gasteiger partial charge in [0.05, 0.1) is 11.7 Å². The van der Waals surface area contributed by atoms with Gasteiger partial charge < -0.3 is 10.4 Å². The van der Waals surface area contributed by atoms with Gasteiger partial charge in [-0.3, -0.25) is 0 Å². The highest BCUT2D eigenvalue weighted by Crippen LogP contribution is 2.26. The van der Waals surface area contributed by atoms with Gasteiger partial charge in [-0.2, -0.15) is 0 Å². The predicted molar refractivity (Wildman–Crippen MR) is 72.2 cm³/mol.